The Kier molecular flexibility index (Phi) is 11.4. The highest BCUT2D eigenvalue weighted by Gasteiger charge is 2.48. The van der Waals surface area contributed by atoms with Crippen LogP contribution in [0.25, 0.3) is 0 Å². The number of hydrogen-bond donors (Lipinski definition) is 7. The summed E-state index contributed by atoms with van der Waals surface area (Å²) in [7, 11) is 0. The van der Waals surface area contributed by atoms with Crippen molar-refractivity contribution in [2.45, 2.75) is 95.3 Å². The van der Waals surface area contributed by atoms with E-state index in [-0.39, 0.29) is 24.4 Å². The Morgan fingerprint density at radius 3 is 2.42 bits per heavy atom. The van der Waals surface area contributed by atoms with E-state index in [1.807, 2.05) is 13.8 Å². The Hall–Kier alpha value is -2.36. The summed E-state index contributed by atoms with van der Waals surface area (Å²) in [6.07, 6.45) is -9.46. The fraction of sp³-hybridized carbons (Fsp3) is 0.680. The van der Waals surface area contributed by atoms with E-state index in [2.05, 4.69) is 5.32 Å². The van der Waals surface area contributed by atoms with E-state index < -0.39 is 54.1 Å². The first-order chi connectivity index (χ1) is 17.6. The lowest BCUT2D eigenvalue weighted by molar-refractivity contribution is -0.271. The van der Waals surface area contributed by atoms with Crippen molar-refractivity contribution in [2.24, 2.45) is 0 Å². The summed E-state index contributed by atoms with van der Waals surface area (Å²) in [6, 6.07) is 4.40. The first-order valence-electron chi connectivity index (χ1n) is 12.2. The Bertz CT molecular complexity index is 918. The van der Waals surface area contributed by atoms with E-state index in [1.54, 1.807) is 13.8 Å². The topological polar surface area (TPSA) is 204 Å². The van der Waals surface area contributed by atoms with Gasteiger partial charge in [0.15, 0.2) is 6.10 Å². The lowest BCUT2D eigenvalue weighted by atomic mass is 9.99. The molecule has 13 heteroatoms. The van der Waals surface area contributed by atoms with Crippen LogP contribution in [0.5, 0.6) is 5.75 Å². The number of carbonyl (C=O) groups is 2. The second-order valence-electron chi connectivity index (χ2n) is 10.4. The predicted molar refractivity (Wildman–Crippen MR) is 131 cm³/mol. The van der Waals surface area contributed by atoms with Gasteiger partial charge in [0.05, 0.1) is 17.8 Å². The average Bonchev–Trinajstić information content (AvgIpc) is 2.82. The fourth-order valence-corrected chi connectivity index (χ4v) is 3.68. The van der Waals surface area contributed by atoms with Gasteiger partial charge in [-0.2, -0.15) is 0 Å². The van der Waals surface area contributed by atoms with Crippen molar-refractivity contribution < 1.29 is 59.2 Å². The van der Waals surface area contributed by atoms with Gasteiger partial charge in [-0.05, 0) is 58.2 Å². The first-order valence-corrected chi connectivity index (χ1v) is 12.2. The molecule has 1 heterocycles. The Morgan fingerprint density at radius 2 is 1.82 bits per heavy atom. The number of aliphatic hydroxyl groups is 5. The Morgan fingerprint density at radius 1 is 1.13 bits per heavy atom. The lowest BCUT2D eigenvalue weighted by Gasteiger charge is -2.38. The minimum Gasteiger partial charge on any atom is -0.479 e. The molecule has 0 spiro atoms. The Balaban J connectivity index is 2.15. The van der Waals surface area contributed by atoms with Crippen LogP contribution in [-0.4, -0.2) is 98.1 Å². The molecule has 2 rings (SSSR count). The maximum absolute atomic E-state index is 11.4. The monoisotopic (exact) mass is 545 g/mol. The van der Waals surface area contributed by atoms with Crippen molar-refractivity contribution in [3.8, 4) is 5.75 Å². The molecule has 6 atom stereocenters. The molecule has 1 aromatic rings. The molecule has 0 bridgehead atoms. The maximum atomic E-state index is 11.4. The van der Waals surface area contributed by atoms with Crippen molar-refractivity contribution >= 4 is 12.4 Å². The molecular weight excluding hydrogens is 506 g/mol. The number of carbonyl (C=O) groups excluding carboxylic acids is 1. The smallest absolute Gasteiger partial charge is 0.335 e. The van der Waals surface area contributed by atoms with Crippen molar-refractivity contribution in [1.29, 1.82) is 0 Å². The molecule has 13 nitrogen and oxygen atoms in total. The second-order valence-corrected chi connectivity index (χ2v) is 10.4. The van der Waals surface area contributed by atoms with E-state index in [0.29, 0.717) is 31.6 Å². The maximum Gasteiger partial charge on any atom is 0.335 e. The van der Waals surface area contributed by atoms with Crippen LogP contribution in [0.15, 0.2) is 18.2 Å². The summed E-state index contributed by atoms with van der Waals surface area (Å²) in [5, 5.41) is 63.2. The molecule has 1 aliphatic heterocycles. The number of hydrogen-bond acceptors (Lipinski definition) is 12. The molecule has 1 saturated heterocycles. The van der Waals surface area contributed by atoms with Gasteiger partial charge in [-0.3, -0.25) is 10.1 Å². The number of rotatable bonds is 15. The number of benzene rings is 1. The van der Waals surface area contributed by atoms with Crippen molar-refractivity contribution in [2.75, 3.05) is 13.2 Å². The number of aliphatic carboxylic acids is 1. The Labute approximate surface area is 220 Å². The average molecular weight is 546 g/mol. The van der Waals surface area contributed by atoms with Gasteiger partial charge in [-0.25, -0.2) is 4.79 Å². The van der Waals surface area contributed by atoms with Gasteiger partial charge < -0.3 is 49.6 Å². The lowest BCUT2D eigenvalue weighted by Crippen LogP contribution is -2.61. The summed E-state index contributed by atoms with van der Waals surface area (Å²) < 4.78 is 21.4. The van der Waals surface area contributed by atoms with Gasteiger partial charge >= 0.3 is 5.97 Å². The third-order valence-corrected chi connectivity index (χ3v) is 6.01. The van der Waals surface area contributed by atoms with E-state index in [0.717, 1.165) is 0 Å². The summed E-state index contributed by atoms with van der Waals surface area (Å²) in [6.45, 7) is 7.94. The van der Waals surface area contributed by atoms with E-state index >= 15 is 0 Å². The highest BCUT2D eigenvalue weighted by Crippen LogP contribution is 2.31. The molecule has 0 saturated carbocycles. The van der Waals surface area contributed by atoms with Gasteiger partial charge in [0, 0.05) is 12.1 Å². The normalized spacial score (nSPS) is 25.0. The molecule has 0 aromatic heterocycles. The molecule has 1 aromatic carbocycles. The molecule has 0 aliphatic carbocycles. The zero-order chi connectivity index (χ0) is 28.7. The summed E-state index contributed by atoms with van der Waals surface area (Å²) in [5.41, 5.74) is -0.770. The van der Waals surface area contributed by atoms with Crippen molar-refractivity contribution in [3.05, 3.63) is 29.3 Å². The predicted octanol–water partition coefficient (Wildman–Crippen LogP) is -0.443. The number of carboxylic acids is 1. The molecular formula is C25H39NO12. The third-order valence-electron chi connectivity index (χ3n) is 6.01. The van der Waals surface area contributed by atoms with Gasteiger partial charge in [0.1, 0.15) is 36.9 Å². The van der Waals surface area contributed by atoms with E-state index in [1.165, 1.54) is 18.2 Å². The summed E-state index contributed by atoms with van der Waals surface area (Å²) >= 11 is 0. The summed E-state index contributed by atoms with van der Waals surface area (Å²) in [5.74, 6) is -1.58. The molecule has 0 radical (unpaired) electrons. The van der Waals surface area contributed by atoms with Gasteiger partial charge in [-0.15, -0.1) is 0 Å². The largest absolute Gasteiger partial charge is 0.479 e. The van der Waals surface area contributed by atoms with E-state index in [9.17, 15) is 40.2 Å². The van der Waals surface area contributed by atoms with Crippen molar-refractivity contribution in [1.82, 2.24) is 5.32 Å². The molecule has 1 aliphatic rings. The number of nitrogens with one attached hydrogen (secondary N) is 1. The number of aliphatic hydroxyl groups excluding tert-OH is 4. The quantitative estimate of drug-likeness (QED) is 0.110. The molecule has 38 heavy (non-hydrogen) atoms. The van der Waals surface area contributed by atoms with Gasteiger partial charge in [0.2, 0.25) is 6.29 Å². The van der Waals surface area contributed by atoms with Gasteiger partial charge in [-0.1, -0.05) is 6.07 Å². The van der Waals surface area contributed by atoms with E-state index in [4.69, 9.17) is 18.9 Å². The van der Waals surface area contributed by atoms with Gasteiger partial charge in [0.25, 0.3) is 6.47 Å². The fourth-order valence-electron chi connectivity index (χ4n) is 3.68. The molecule has 1 fully saturated rings. The van der Waals surface area contributed by atoms with Crippen LogP contribution in [0.4, 0.5) is 0 Å². The molecule has 7 N–H and O–H groups in total. The van der Waals surface area contributed by atoms with Crippen LogP contribution < -0.4 is 10.1 Å². The SMILES string of the molecule is CC(C)(O)CCOC(C)(C)CCNC(O)c1cc(COC=O)ccc1O[C@@H]1O[C@H](C(=O)O)[C@@H](O)[C@H](O)[C@H]1O. The highest BCUT2D eigenvalue weighted by molar-refractivity contribution is 5.73. The standard InChI is InChI=1S/C25H39NO12/c1-24(2,34)8-10-36-25(3,4)7-9-26-21(31)15-11-14(12-35-13-27)5-6-16(15)37-23-19(30)17(28)18(29)20(38-23)22(32)33/h5-6,11,13,17-21,23,26,28-31,34H,7-10,12H2,1-4H3,(H,32,33)/t17-,18-,19+,20-,21?,23+/m0/s1. The number of carboxylic acid groups (broad SMARTS) is 1. The van der Waals surface area contributed by atoms with Crippen molar-refractivity contribution in [3.63, 3.8) is 0 Å². The molecule has 1 unspecified atom stereocenters. The second kappa shape index (κ2) is 13.6. The van der Waals surface area contributed by atoms with Crippen LogP contribution >= 0.6 is 0 Å². The van der Waals surface area contributed by atoms with Crippen LogP contribution in [0.3, 0.4) is 0 Å². The third kappa shape index (κ3) is 9.43. The summed E-state index contributed by atoms with van der Waals surface area (Å²) in [4.78, 5) is 22.0. The number of ether oxygens (including phenoxy) is 4. The highest BCUT2D eigenvalue weighted by atomic mass is 16.7. The zero-order valence-corrected chi connectivity index (χ0v) is 21.9. The van der Waals surface area contributed by atoms with Crippen LogP contribution in [0.2, 0.25) is 0 Å². The van der Waals surface area contributed by atoms with Crippen LogP contribution in [-0.2, 0) is 30.4 Å². The molecule has 0 amide bonds. The zero-order valence-electron chi connectivity index (χ0n) is 21.9. The van der Waals surface area contributed by atoms with Crippen LogP contribution in [0, 0.1) is 0 Å². The van der Waals surface area contributed by atoms with Crippen LogP contribution in [0.1, 0.15) is 57.9 Å². The minimum atomic E-state index is -1.88. The first kappa shape index (κ1) is 31.9. The minimum absolute atomic E-state index is 0.0164. The molecule has 216 valence electrons.